The molecule has 2 heteroatoms. The Morgan fingerprint density at radius 3 is 2.88 bits per heavy atom. The van der Waals surface area contributed by atoms with E-state index in [-0.39, 0.29) is 5.91 Å². The van der Waals surface area contributed by atoms with Crippen molar-refractivity contribution >= 4 is 5.91 Å². The molecule has 1 saturated carbocycles. The molecule has 1 aromatic rings. The van der Waals surface area contributed by atoms with Crippen LogP contribution in [0.1, 0.15) is 36.3 Å². The largest absolute Gasteiger partial charge is 0.359 e. The minimum absolute atomic E-state index is 0.174. The standard InChI is InChI=1S/C14H17NO/c1-15-13(16)8-12-11-5-3-2-4-10(11)9-14(12)6-7-14/h2-5,12H,6-9H2,1H3,(H,15,16). The van der Waals surface area contributed by atoms with E-state index in [0.29, 0.717) is 17.8 Å². The molecule has 0 heterocycles. The summed E-state index contributed by atoms with van der Waals surface area (Å²) in [6.07, 6.45) is 4.44. The molecule has 84 valence electrons. The smallest absolute Gasteiger partial charge is 0.220 e. The monoisotopic (exact) mass is 215 g/mol. The van der Waals surface area contributed by atoms with Crippen LogP contribution in [0.5, 0.6) is 0 Å². The number of hydrogen-bond donors (Lipinski definition) is 1. The van der Waals surface area contributed by atoms with Crippen LogP contribution in [0.4, 0.5) is 0 Å². The van der Waals surface area contributed by atoms with Crippen LogP contribution in [0, 0.1) is 5.41 Å². The molecule has 3 rings (SSSR count). The lowest BCUT2D eigenvalue weighted by Gasteiger charge is -2.18. The fraction of sp³-hybridized carbons (Fsp3) is 0.500. The highest BCUT2D eigenvalue weighted by Gasteiger charge is 2.54. The summed E-state index contributed by atoms with van der Waals surface area (Å²) < 4.78 is 0. The Morgan fingerprint density at radius 2 is 2.19 bits per heavy atom. The number of rotatable bonds is 2. The summed E-state index contributed by atoms with van der Waals surface area (Å²) in [6.45, 7) is 0. The second kappa shape index (κ2) is 3.34. The van der Waals surface area contributed by atoms with Gasteiger partial charge >= 0.3 is 0 Å². The third-order valence-corrected chi connectivity index (χ3v) is 4.27. The average molecular weight is 215 g/mol. The van der Waals surface area contributed by atoms with Crippen LogP contribution < -0.4 is 5.32 Å². The molecule has 1 atom stereocenters. The van der Waals surface area contributed by atoms with E-state index in [1.807, 2.05) is 0 Å². The number of nitrogens with one attached hydrogen (secondary N) is 1. The number of amides is 1. The molecule has 1 unspecified atom stereocenters. The zero-order chi connectivity index (χ0) is 11.2. The molecule has 1 amide bonds. The summed E-state index contributed by atoms with van der Waals surface area (Å²) in [5.41, 5.74) is 3.33. The van der Waals surface area contributed by atoms with Gasteiger partial charge in [0.25, 0.3) is 0 Å². The third-order valence-electron chi connectivity index (χ3n) is 4.27. The highest BCUT2D eigenvalue weighted by molar-refractivity contribution is 5.77. The van der Waals surface area contributed by atoms with E-state index in [2.05, 4.69) is 29.6 Å². The Balaban J connectivity index is 1.93. The van der Waals surface area contributed by atoms with Gasteiger partial charge in [-0.3, -0.25) is 4.79 Å². The average Bonchev–Trinajstić information content (AvgIpc) is 3.00. The van der Waals surface area contributed by atoms with Crippen LogP contribution in [-0.4, -0.2) is 13.0 Å². The van der Waals surface area contributed by atoms with Crippen LogP contribution in [0.3, 0.4) is 0 Å². The van der Waals surface area contributed by atoms with Gasteiger partial charge in [-0.25, -0.2) is 0 Å². The zero-order valence-electron chi connectivity index (χ0n) is 9.62. The SMILES string of the molecule is CNC(=O)CC1c2ccccc2CC12CC2. The van der Waals surface area contributed by atoms with Crippen molar-refractivity contribution in [2.24, 2.45) is 5.41 Å². The first-order chi connectivity index (χ1) is 7.75. The molecule has 2 nitrogen and oxygen atoms in total. The molecule has 0 aliphatic heterocycles. The number of carbonyl (C=O) groups is 1. The van der Waals surface area contributed by atoms with Crippen molar-refractivity contribution in [1.82, 2.24) is 5.32 Å². The first-order valence-corrected chi connectivity index (χ1v) is 6.03. The quantitative estimate of drug-likeness (QED) is 0.805. The van der Waals surface area contributed by atoms with E-state index in [9.17, 15) is 4.79 Å². The van der Waals surface area contributed by atoms with Crippen molar-refractivity contribution in [3.8, 4) is 0 Å². The molecule has 0 bridgehead atoms. The molecule has 0 aromatic heterocycles. The molecule has 1 spiro atoms. The summed E-state index contributed by atoms with van der Waals surface area (Å²) in [6, 6.07) is 8.63. The molecular formula is C14H17NO. The summed E-state index contributed by atoms with van der Waals surface area (Å²) in [7, 11) is 1.72. The lowest BCUT2D eigenvalue weighted by atomic mass is 9.86. The molecule has 1 aromatic carbocycles. The number of carbonyl (C=O) groups excluding carboxylic acids is 1. The molecule has 16 heavy (non-hydrogen) atoms. The first kappa shape index (κ1) is 9.88. The van der Waals surface area contributed by atoms with E-state index in [0.717, 1.165) is 0 Å². The Morgan fingerprint density at radius 1 is 1.44 bits per heavy atom. The maximum absolute atomic E-state index is 11.6. The minimum atomic E-state index is 0.174. The fourth-order valence-corrected chi connectivity index (χ4v) is 3.17. The number of hydrogen-bond acceptors (Lipinski definition) is 1. The first-order valence-electron chi connectivity index (χ1n) is 6.03. The third kappa shape index (κ3) is 1.36. The Labute approximate surface area is 96.1 Å². The van der Waals surface area contributed by atoms with Gasteiger partial charge in [-0.15, -0.1) is 0 Å². The van der Waals surface area contributed by atoms with Crippen molar-refractivity contribution in [1.29, 1.82) is 0 Å². The van der Waals surface area contributed by atoms with Gasteiger partial charge < -0.3 is 5.32 Å². The van der Waals surface area contributed by atoms with Crippen molar-refractivity contribution in [2.75, 3.05) is 7.05 Å². The molecule has 2 aliphatic rings. The Hall–Kier alpha value is -1.31. The van der Waals surface area contributed by atoms with Gasteiger partial charge in [-0.05, 0) is 41.7 Å². The van der Waals surface area contributed by atoms with Crippen LogP contribution in [0.2, 0.25) is 0 Å². The molecule has 0 saturated heterocycles. The second-order valence-corrected chi connectivity index (χ2v) is 5.17. The van der Waals surface area contributed by atoms with E-state index in [4.69, 9.17) is 0 Å². The molecule has 1 N–H and O–H groups in total. The van der Waals surface area contributed by atoms with Gasteiger partial charge in [-0.1, -0.05) is 24.3 Å². The number of benzene rings is 1. The predicted octanol–water partition coefficient (Wildman–Crippen LogP) is 2.24. The van der Waals surface area contributed by atoms with Crippen LogP contribution in [-0.2, 0) is 11.2 Å². The van der Waals surface area contributed by atoms with Crippen LogP contribution in [0.15, 0.2) is 24.3 Å². The second-order valence-electron chi connectivity index (χ2n) is 5.17. The minimum Gasteiger partial charge on any atom is -0.359 e. The summed E-state index contributed by atoms with van der Waals surface area (Å²) in [5.74, 6) is 0.636. The lowest BCUT2D eigenvalue weighted by Crippen LogP contribution is -2.23. The van der Waals surface area contributed by atoms with Gasteiger partial charge in [0.05, 0.1) is 0 Å². The Kier molecular flexibility index (Phi) is 2.06. The predicted molar refractivity (Wildman–Crippen MR) is 63.2 cm³/mol. The normalized spacial score (nSPS) is 24.2. The number of fused-ring (bicyclic) bond motifs is 1. The Bertz CT molecular complexity index is 434. The maximum Gasteiger partial charge on any atom is 0.220 e. The molecular weight excluding hydrogens is 198 g/mol. The maximum atomic E-state index is 11.6. The van der Waals surface area contributed by atoms with Crippen molar-refractivity contribution in [3.63, 3.8) is 0 Å². The molecule has 1 fully saturated rings. The lowest BCUT2D eigenvalue weighted by molar-refractivity contribution is -0.121. The summed E-state index contributed by atoms with van der Waals surface area (Å²) in [5, 5.41) is 2.75. The van der Waals surface area contributed by atoms with Crippen molar-refractivity contribution < 1.29 is 4.79 Å². The van der Waals surface area contributed by atoms with Crippen LogP contribution in [0.25, 0.3) is 0 Å². The topological polar surface area (TPSA) is 29.1 Å². The van der Waals surface area contributed by atoms with Gasteiger partial charge in [0.15, 0.2) is 0 Å². The summed E-state index contributed by atoms with van der Waals surface area (Å²) >= 11 is 0. The van der Waals surface area contributed by atoms with Crippen molar-refractivity contribution in [3.05, 3.63) is 35.4 Å². The highest BCUT2D eigenvalue weighted by atomic mass is 16.1. The van der Waals surface area contributed by atoms with E-state index >= 15 is 0 Å². The molecule has 2 aliphatic carbocycles. The zero-order valence-corrected chi connectivity index (χ0v) is 9.62. The van der Waals surface area contributed by atoms with Gasteiger partial charge in [-0.2, -0.15) is 0 Å². The molecule has 0 radical (unpaired) electrons. The fourth-order valence-electron chi connectivity index (χ4n) is 3.17. The van der Waals surface area contributed by atoms with Gasteiger partial charge in [0.1, 0.15) is 0 Å². The summed E-state index contributed by atoms with van der Waals surface area (Å²) in [4.78, 5) is 11.6. The van der Waals surface area contributed by atoms with Gasteiger partial charge in [0.2, 0.25) is 5.91 Å². The van der Waals surface area contributed by atoms with E-state index < -0.39 is 0 Å². The highest BCUT2D eigenvalue weighted by Crippen LogP contribution is 2.63. The van der Waals surface area contributed by atoms with E-state index in [1.165, 1.54) is 30.4 Å². The van der Waals surface area contributed by atoms with Crippen molar-refractivity contribution in [2.45, 2.75) is 31.6 Å². The van der Waals surface area contributed by atoms with Crippen LogP contribution >= 0.6 is 0 Å². The van der Waals surface area contributed by atoms with E-state index in [1.54, 1.807) is 7.05 Å². The van der Waals surface area contributed by atoms with Gasteiger partial charge in [0, 0.05) is 13.5 Å².